The summed E-state index contributed by atoms with van der Waals surface area (Å²) in [5, 5.41) is 8.74. The molecule has 0 unspecified atom stereocenters. The summed E-state index contributed by atoms with van der Waals surface area (Å²) in [6.07, 6.45) is 1.88. The average molecular weight is 328 g/mol. The molecule has 0 bridgehead atoms. The normalized spacial score (nSPS) is 11.1. The molecule has 6 heteroatoms. The highest BCUT2D eigenvalue weighted by Gasteiger charge is 2.12. The first-order valence-corrected chi connectivity index (χ1v) is 7.54. The summed E-state index contributed by atoms with van der Waals surface area (Å²) in [7, 11) is 1.87. The lowest BCUT2D eigenvalue weighted by molar-refractivity contribution is 0.296. The lowest BCUT2D eigenvalue weighted by Crippen LogP contribution is -2.22. The van der Waals surface area contributed by atoms with Crippen LogP contribution in [0.4, 0.5) is 0 Å². The van der Waals surface area contributed by atoms with Crippen molar-refractivity contribution in [1.29, 1.82) is 0 Å². The number of rotatable bonds is 6. The van der Waals surface area contributed by atoms with Crippen molar-refractivity contribution >= 4 is 23.2 Å². The molecule has 0 spiro atoms. The molecule has 4 nitrogen and oxygen atoms in total. The van der Waals surface area contributed by atoms with E-state index in [1.807, 2.05) is 25.4 Å². The smallest absolute Gasteiger partial charge is 0.143 e. The maximum absolute atomic E-state index is 6.26. The second-order valence-corrected chi connectivity index (χ2v) is 6.02. The summed E-state index contributed by atoms with van der Waals surface area (Å²) >= 11 is 12.3. The molecule has 1 aromatic heterocycles. The van der Waals surface area contributed by atoms with Gasteiger partial charge in [-0.25, -0.2) is 0 Å². The second kappa shape index (κ2) is 7.16. The van der Waals surface area contributed by atoms with Gasteiger partial charge in [0.15, 0.2) is 0 Å². The van der Waals surface area contributed by atoms with E-state index in [-0.39, 0.29) is 0 Å². The lowest BCUT2D eigenvalue weighted by atomic mass is 10.2. The number of halogens is 2. The van der Waals surface area contributed by atoms with E-state index in [0.717, 1.165) is 11.3 Å². The summed E-state index contributed by atoms with van der Waals surface area (Å²) in [6, 6.07) is 5.84. The van der Waals surface area contributed by atoms with Crippen molar-refractivity contribution < 1.29 is 4.74 Å². The molecule has 0 aliphatic heterocycles. The molecule has 2 rings (SSSR count). The molecule has 0 atom stereocenters. The number of ether oxygens (including phenoxy) is 1. The summed E-state index contributed by atoms with van der Waals surface area (Å²) in [5.41, 5.74) is 1.79. The van der Waals surface area contributed by atoms with Crippen LogP contribution in [-0.4, -0.2) is 15.8 Å². The Hall–Kier alpha value is -1.23. The molecule has 114 valence electrons. The van der Waals surface area contributed by atoms with Gasteiger partial charge in [0.25, 0.3) is 0 Å². The zero-order valence-corrected chi connectivity index (χ0v) is 13.9. The van der Waals surface area contributed by atoms with Crippen LogP contribution in [0.25, 0.3) is 0 Å². The van der Waals surface area contributed by atoms with Crippen LogP contribution in [-0.2, 0) is 20.2 Å². The minimum atomic E-state index is 0.367. The van der Waals surface area contributed by atoms with Gasteiger partial charge in [-0.3, -0.25) is 4.68 Å². The molecule has 2 aromatic rings. The Kier molecular flexibility index (Phi) is 5.51. The molecule has 0 aliphatic rings. The van der Waals surface area contributed by atoms with Crippen molar-refractivity contribution in [3.05, 3.63) is 45.7 Å². The van der Waals surface area contributed by atoms with Crippen molar-refractivity contribution in [2.75, 3.05) is 0 Å². The number of hydrogen-bond donors (Lipinski definition) is 1. The van der Waals surface area contributed by atoms with Crippen molar-refractivity contribution in [2.24, 2.45) is 7.05 Å². The third-order valence-electron chi connectivity index (χ3n) is 2.92. The van der Waals surface area contributed by atoms with Crippen LogP contribution in [0.2, 0.25) is 10.0 Å². The first-order valence-electron chi connectivity index (χ1n) is 6.78. The van der Waals surface area contributed by atoms with Crippen molar-refractivity contribution in [3.63, 3.8) is 0 Å². The Bertz CT molecular complexity index is 611. The minimum absolute atomic E-state index is 0.367. The summed E-state index contributed by atoms with van der Waals surface area (Å²) in [4.78, 5) is 0. The predicted molar refractivity (Wildman–Crippen MR) is 86.0 cm³/mol. The van der Waals surface area contributed by atoms with Gasteiger partial charge in [0.1, 0.15) is 12.4 Å². The fraction of sp³-hybridized carbons (Fsp3) is 0.400. The predicted octanol–water partition coefficient (Wildman–Crippen LogP) is 3.80. The van der Waals surface area contributed by atoms with Crippen LogP contribution >= 0.6 is 23.2 Å². The van der Waals surface area contributed by atoms with Crippen LogP contribution in [0.1, 0.15) is 25.1 Å². The molecular weight excluding hydrogens is 309 g/mol. The van der Waals surface area contributed by atoms with Gasteiger partial charge in [0, 0.05) is 36.4 Å². The largest absolute Gasteiger partial charge is 0.485 e. The van der Waals surface area contributed by atoms with Crippen LogP contribution in [0.3, 0.4) is 0 Å². The van der Waals surface area contributed by atoms with Crippen molar-refractivity contribution in [2.45, 2.75) is 33.0 Å². The Morgan fingerprint density at radius 1 is 1.33 bits per heavy atom. The van der Waals surface area contributed by atoms with E-state index < -0.39 is 0 Å². The molecule has 21 heavy (non-hydrogen) atoms. The number of nitrogens with zero attached hydrogens (tertiary/aromatic N) is 2. The first-order chi connectivity index (χ1) is 9.95. The van der Waals surface area contributed by atoms with E-state index >= 15 is 0 Å². The number of aromatic nitrogens is 2. The molecule has 0 radical (unpaired) electrons. The zero-order valence-electron chi connectivity index (χ0n) is 12.4. The Balaban J connectivity index is 2.15. The van der Waals surface area contributed by atoms with E-state index in [9.17, 15) is 0 Å². The molecule has 1 heterocycles. The topological polar surface area (TPSA) is 39.1 Å². The van der Waals surface area contributed by atoms with Crippen LogP contribution in [0.5, 0.6) is 5.75 Å². The Morgan fingerprint density at radius 2 is 2.10 bits per heavy atom. The van der Waals surface area contributed by atoms with E-state index in [0.29, 0.717) is 35.0 Å². The molecule has 0 saturated carbocycles. The summed E-state index contributed by atoms with van der Waals surface area (Å²) in [6.45, 7) is 5.19. The maximum atomic E-state index is 6.26. The van der Waals surface area contributed by atoms with Crippen LogP contribution in [0.15, 0.2) is 24.4 Å². The van der Waals surface area contributed by atoms with Gasteiger partial charge in [-0.15, -0.1) is 0 Å². The van der Waals surface area contributed by atoms with Gasteiger partial charge >= 0.3 is 0 Å². The van der Waals surface area contributed by atoms with Gasteiger partial charge in [-0.2, -0.15) is 5.10 Å². The van der Waals surface area contributed by atoms with Crippen LogP contribution in [0, 0.1) is 0 Å². The van der Waals surface area contributed by atoms with Gasteiger partial charge in [0.05, 0.1) is 10.7 Å². The third-order valence-corrected chi connectivity index (χ3v) is 3.42. The van der Waals surface area contributed by atoms with E-state index in [1.165, 1.54) is 0 Å². The summed E-state index contributed by atoms with van der Waals surface area (Å²) in [5.74, 6) is 0.653. The van der Waals surface area contributed by atoms with Gasteiger partial charge < -0.3 is 10.1 Å². The molecule has 0 fully saturated rings. The Morgan fingerprint density at radius 3 is 2.71 bits per heavy atom. The molecule has 0 amide bonds. The second-order valence-electron chi connectivity index (χ2n) is 5.18. The van der Waals surface area contributed by atoms with Gasteiger partial charge in [-0.05, 0) is 18.2 Å². The molecule has 1 N–H and O–H groups in total. The molecule has 1 aromatic carbocycles. The van der Waals surface area contributed by atoms with Crippen molar-refractivity contribution in [3.8, 4) is 5.75 Å². The first kappa shape index (κ1) is 16.1. The van der Waals surface area contributed by atoms with Crippen molar-refractivity contribution in [1.82, 2.24) is 15.1 Å². The molecular formula is C15H19Cl2N3O. The van der Waals surface area contributed by atoms with E-state index in [4.69, 9.17) is 27.9 Å². The number of benzene rings is 1. The van der Waals surface area contributed by atoms with Gasteiger partial charge in [-0.1, -0.05) is 37.0 Å². The van der Waals surface area contributed by atoms with Gasteiger partial charge in [0.2, 0.25) is 0 Å². The van der Waals surface area contributed by atoms with E-state index in [1.54, 1.807) is 10.7 Å². The molecule has 0 saturated heterocycles. The average Bonchev–Trinajstić information content (AvgIpc) is 2.80. The minimum Gasteiger partial charge on any atom is -0.485 e. The lowest BCUT2D eigenvalue weighted by Gasteiger charge is -2.15. The maximum Gasteiger partial charge on any atom is 0.143 e. The fourth-order valence-corrected chi connectivity index (χ4v) is 2.50. The SMILES string of the molecule is CC(C)NCc1cc(Cl)cc(Cl)c1OCc1ccn(C)n1. The highest BCUT2D eigenvalue weighted by molar-refractivity contribution is 6.35. The zero-order chi connectivity index (χ0) is 15.4. The highest BCUT2D eigenvalue weighted by atomic mass is 35.5. The fourth-order valence-electron chi connectivity index (χ4n) is 1.91. The van der Waals surface area contributed by atoms with Crippen LogP contribution < -0.4 is 10.1 Å². The highest BCUT2D eigenvalue weighted by Crippen LogP contribution is 2.33. The number of nitrogens with one attached hydrogen (secondary N) is 1. The molecule has 0 aliphatic carbocycles. The Labute approximate surface area is 135 Å². The quantitative estimate of drug-likeness (QED) is 0.876. The number of hydrogen-bond acceptors (Lipinski definition) is 3. The summed E-state index contributed by atoms with van der Waals surface area (Å²) < 4.78 is 7.59. The number of aryl methyl sites for hydroxylation is 1. The van der Waals surface area contributed by atoms with E-state index in [2.05, 4.69) is 24.3 Å². The standard InChI is InChI=1S/C15H19Cl2N3O/c1-10(2)18-8-11-6-12(16)7-14(17)15(11)21-9-13-4-5-20(3)19-13/h4-7,10,18H,8-9H2,1-3H3. The monoisotopic (exact) mass is 327 g/mol. The third kappa shape index (κ3) is 4.63.